The molecule has 2 rings (SSSR count). The zero-order chi connectivity index (χ0) is 18.9. The number of ketones is 1. The largest absolute Gasteiger partial charge is 0.478 e. The zero-order valence-corrected chi connectivity index (χ0v) is 13.9. The third kappa shape index (κ3) is 3.83. The Morgan fingerprint density at radius 1 is 1.16 bits per heavy atom. The van der Waals surface area contributed by atoms with E-state index < -0.39 is 50.6 Å². The normalized spacial score (nSPS) is 11.5. The van der Waals surface area contributed by atoms with Gasteiger partial charge in [0.1, 0.15) is 22.4 Å². The first-order valence-corrected chi connectivity index (χ1v) is 7.35. The fraction of sp³-hybridized carbons (Fsp3) is 0.0625. The van der Waals surface area contributed by atoms with Crippen LogP contribution in [0.15, 0.2) is 23.8 Å². The zero-order valence-electron chi connectivity index (χ0n) is 12.4. The van der Waals surface area contributed by atoms with Crippen molar-refractivity contribution in [3.8, 4) is 0 Å². The third-order valence-corrected chi connectivity index (χ3v) is 3.78. The monoisotopic (exact) mass is 389 g/mol. The highest BCUT2D eigenvalue weighted by atomic mass is 35.5. The Balaban J connectivity index is 2.63. The van der Waals surface area contributed by atoms with E-state index in [0.717, 1.165) is 12.1 Å². The van der Waals surface area contributed by atoms with Gasteiger partial charge in [-0.2, -0.15) is 0 Å². The summed E-state index contributed by atoms with van der Waals surface area (Å²) < 4.78 is 40.5. The molecule has 1 heterocycles. The number of benzene rings is 1. The number of nitrogens with zero attached hydrogens (tertiary/aromatic N) is 1. The molecular weight excluding hydrogens is 382 g/mol. The Morgan fingerprint density at radius 2 is 1.80 bits per heavy atom. The molecule has 1 aromatic heterocycles. The number of carboxylic acids is 1. The van der Waals surface area contributed by atoms with Gasteiger partial charge in [-0.1, -0.05) is 23.2 Å². The van der Waals surface area contributed by atoms with E-state index in [-0.39, 0.29) is 11.1 Å². The van der Waals surface area contributed by atoms with E-state index >= 15 is 0 Å². The molecule has 4 nitrogen and oxygen atoms in total. The maximum absolute atomic E-state index is 13.9. The number of aliphatic carboxylic acids is 1. The number of hydrogen-bond donors (Lipinski definition) is 1. The summed E-state index contributed by atoms with van der Waals surface area (Å²) in [6.45, 7) is 1.17. The van der Waals surface area contributed by atoms with Crippen molar-refractivity contribution in [2.45, 2.75) is 6.92 Å². The lowest BCUT2D eigenvalue weighted by atomic mass is 9.98. The smallest absolute Gasteiger partial charge is 0.339 e. The summed E-state index contributed by atoms with van der Waals surface area (Å²) in [5, 5.41) is 8.17. The second kappa shape index (κ2) is 7.25. The van der Waals surface area contributed by atoms with Gasteiger partial charge in [-0.3, -0.25) is 4.79 Å². The Bertz CT molecular complexity index is 929. The van der Waals surface area contributed by atoms with Crippen LogP contribution in [-0.4, -0.2) is 21.8 Å². The van der Waals surface area contributed by atoms with Crippen LogP contribution in [0, 0.1) is 24.4 Å². The standard InChI is InChI=1S/C16H8Cl2F3NO3/c1-6-11(14(17)22-15(18)12(6)21)13(23)9(16(24)25)4-7-2-3-8(19)5-10(7)20/h2-5H,1H3,(H,24,25)/b9-4-. The first-order chi connectivity index (χ1) is 11.6. The minimum atomic E-state index is -1.71. The number of hydrogen-bond acceptors (Lipinski definition) is 3. The van der Waals surface area contributed by atoms with Gasteiger partial charge < -0.3 is 5.11 Å². The van der Waals surface area contributed by atoms with Crippen LogP contribution in [0.1, 0.15) is 21.5 Å². The van der Waals surface area contributed by atoms with Gasteiger partial charge in [-0.15, -0.1) is 0 Å². The van der Waals surface area contributed by atoms with Gasteiger partial charge in [-0.25, -0.2) is 22.9 Å². The summed E-state index contributed by atoms with van der Waals surface area (Å²) in [5.74, 6) is -5.89. The third-order valence-electron chi connectivity index (χ3n) is 3.25. The highest BCUT2D eigenvalue weighted by Gasteiger charge is 2.27. The van der Waals surface area contributed by atoms with Crippen molar-refractivity contribution in [3.63, 3.8) is 0 Å². The number of carboxylic acid groups (broad SMARTS) is 1. The van der Waals surface area contributed by atoms with Crippen LogP contribution in [0.3, 0.4) is 0 Å². The van der Waals surface area contributed by atoms with Gasteiger partial charge in [0, 0.05) is 17.2 Å². The van der Waals surface area contributed by atoms with Crippen molar-refractivity contribution in [1.29, 1.82) is 0 Å². The summed E-state index contributed by atoms with van der Waals surface area (Å²) in [6, 6.07) is 2.37. The molecule has 0 saturated carbocycles. The highest BCUT2D eigenvalue weighted by Crippen LogP contribution is 2.28. The van der Waals surface area contributed by atoms with Gasteiger partial charge in [0.25, 0.3) is 0 Å². The second-order valence-electron chi connectivity index (χ2n) is 4.87. The van der Waals surface area contributed by atoms with Gasteiger partial charge in [0.2, 0.25) is 5.78 Å². The molecule has 0 unspecified atom stereocenters. The molecule has 0 saturated heterocycles. The van der Waals surface area contributed by atoms with Crippen molar-refractivity contribution in [1.82, 2.24) is 4.98 Å². The van der Waals surface area contributed by atoms with Crippen molar-refractivity contribution in [2.24, 2.45) is 0 Å². The van der Waals surface area contributed by atoms with Gasteiger partial charge in [-0.05, 0) is 25.1 Å². The van der Waals surface area contributed by atoms with Gasteiger partial charge >= 0.3 is 5.97 Å². The molecule has 9 heteroatoms. The molecule has 0 fully saturated rings. The Morgan fingerprint density at radius 3 is 2.36 bits per heavy atom. The molecule has 0 aliphatic heterocycles. The molecule has 25 heavy (non-hydrogen) atoms. The van der Waals surface area contributed by atoms with Crippen molar-refractivity contribution in [3.05, 3.63) is 68.2 Å². The molecule has 0 bridgehead atoms. The van der Waals surface area contributed by atoms with E-state index in [2.05, 4.69) is 4.98 Å². The number of carbonyl (C=O) groups is 2. The first kappa shape index (κ1) is 19.0. The van der Waals surface area contributed by atoms with Crippen molar-refractivity contribution >= 4 is 41.0 Å². The fourth-order valence-corrected chi connectivity index (χ4v) is 2.59. The van der Waals surface area contributed by atoms with Crippen LogP contribution >= 0.6 is 23.2 Å². The Labute approximate surface area is 149 Å². The molecule has 2 aromatic rings. The quantitative estimate of drug-likeness (QED) is 0.275. The van der Waals surface area contributed by atoms with E-state index in [1.54, 1.807) is 0 Å². The number of pyridine rings is 1. The van der Waals surface area contributed by atoms with E-state index in [4.69, 9.17) is 23.2 Å². The van der Waals surface area contributed by atoms with Crippen LogP contribution in [-0.2, 0) is 4.79 Å². The van der Waals surface area contributed by atoms with E-state index in [1.165, 1.54) is 6.92 Å². The van der Waals surface area contributed by atoms with Crippen LogP contribution < -0.4 is 0 Å². The molecule has 130 valence electrons. The first-order valence-electron chi connectivity index (χ1n) is 6.59. The van der Waals surface area contributed by atoms with Crippen molar-refractivity contribution in [2.75, 3.05) is 0 Å². The lowest BCUT2D eigenvalue weighted by Gasteiger charge is -2.09. The predicted octanol–water partition coefficient (Wildman–Crippen LogP) is 4.47. The minimum Gasteiger partial charge on any atom is -0.478 e. The van der Waals surface area contributed by atoms with E-state index in [0.29, 0.717) is 12.1 Å². The van der Waals surface area contributed by atoms with E-state index in [1.807, 2.05) is 0 Å². The molecule has 0 spiro atoms. The maximum Gasteiger partial charge on any atom is 0.339 e. The molecular formula is C16H8Cl2F3NO3. The fourth-order valence-electron chi connectivity index (χ4n) is 2.01. The average Bonchev–Trinajstić information content (AvgIpc) is 2.51. The van der Waals surface area contributed by atoms with Crippen LogP contribution in [0.5, 0.6) is 0 Å². The SMILES string of the molecule is Cc1c(F)c(Cl)nc(Cl)c1C(=O)/C(=C/c1ccc(F)cc1F)C(=O)O. The summed E-state index contributed by atoms with van der Waals surface area (Å²) in [4.78, 5) is 27.3. The maximum atomic E-state index is 13.9. The van der Waals surface area contributed by atoms with E-state index in [9.17, 15) is 27.9 Å². The number of halogens is 5. The summed E-state index contributed by atoms with van der Waals surface area (Å²) >= 11 is 11.3. The summed E-state index contributed by atoms with van der Waals surface area (Å²) in [5.41, 5.74) is -2.07. The van der Waals surface area contributed by atoms with Crippen LogP contribution in [0.4, 0.5) is 13.2 Å². The lowest BCUT2D eigenvalue weighted by Crippen LogP contribution is -2.16. The second-order valence-corrected chi connectivity index (χ2v) is 5.58. The number of aromatic nitrogens is 1. The molecule has 1 N–H and O–H groups in total. The number of rotatable bonds is 4. The van der Waals surface area contributed by atoms with Crippen LogP contribution in [0.2, 0.25) is 10.3 Å². The van der Waals surface area contributed by atoms with Crippen LogP contribution in [0.25, 0.3) is 6.08 Å². The molecule has 0 radical (unpaired) electrons. The predicted molar refractivity (Wildman–Crippen MR) is 85.3 cm³/mol. The van der Waals surface area contributed by atoms with Gasteiger partial charge in [0.15, 0.2) is 11.0 Å². The number of carbonyl (C=O) groups excluding carboxylic acids is 1. The molecule has 0 aliphatic rings. The molecule has 0 atom stereocenters. The molecule has 0 amide bonds. The minimum absolute atomic E-state index is 0.304. The Hall–Kier alpha value is -2.38. The number of Topliss-reactive ketones (excluding diaryl/α,β-unsaturated/α-hetero) is 1. The topological polar surface area (TPSA) is 67.3 Å². The lowest BCUT2D eigenvalue weighted by molar-refractivity contribution is -0.132. The molecule has 1 aromatic carbocycles. The summed E-state index contributed by atoms with van der Waals surface area (Å²) in [7, 11) is 0. The molecule has 0 aliphatic carbocycles. The summed E-state index contributed by atoms with van der Waals surface area (Å²) in [6.07, 6.45) is 0.696. The Kier molecular flexibility index (Phi) is 5.49. The van der Waals surface area contributed by atoms with Crippen molar-refractivity contribution < 1.29 is 27.9 Å². The average molecular weight is 390 g/mol. The van der Waals surface area contributed by atoms with Gasteiger partial charge in [0.05, 0.1) is 5.56 Å². The highest BCUT2D eigenvalue weighted by molar-refractivity contribution is 6.38.